The molecule has 15 heavy (non-hydrogen) atoms. The standard InChI is InChI=1S/C12H17NO2/c1-12(2,3)13-11(15-13)9-5-7-10(14-4)8-6-9/h5-8,11H,1-4H3. The molecule has 1 aliphatic rings. The van der Waals surface area contributed by atoms with Crippen molar-refractivity contribution in [2.45, 2.75) is 32.5 Å². The van der Waals surface area contributed by atoms with Gasteiger partial charge in [0.05, 0.1) is 7.11 Å². The first kappa shape index (κ1) is 10.5. The third kappa shape index (κ3) is 2.13. The van der Waals surface area contributed by atoms with Crippen LogP contribution in [0.4, 0.5) is 0 Å². The lowest BCUT2D eigenvalue weighted by Gasteiger charge is -2.16. The van der Waals surface area contributed by atoms with E-state index in [9.17, 15) is 0 Å². The van der Waals surface area contributed by atoms with Gasteiger partial charge in [0.25, 0.3) is 0 Å². The molecule has 0 bridgehead atoms. The Balaban J connectivity index is 2.07. The highest BCUT2D eigenvalue weighted by atomic mass is 16.8. The third-order valence-electron chi connectivity index (χ3n) is 2.44. The number of ether oxygens (including phenoxy) is 1. The molecule has 0 aliphatic carbocycles. The van der Waals surface area contributed by atoms with E-state index in [1.165, 1.54) is 5.56 Å². The summed E-state index contributed by atoms with van der Waals surface area (Å²) < 4.78 is 5.11. The fraction of sp³-hybridized carbons (Fsp3) is 0.500. The number of rotatable bonds is 2. The average Bonchev–Trinajstić information content (AvgIpc) is 2.97. The summed E-state index contributed by atoms with van der Waals surface area (Å²) >= 11 is 0. The summed E-state index contributed by atoms with van der Waals surface area (Å²) in [7, 11) is 1.67. The molecule has 2 rings (SSSR count). The molecule has 1 heterocycles. The van der Waals surface area contributed by atoms with E-state index in [0.717, 1.165) is 5.75 Å². The van der Waals surface area contributed by atoms with Gasteiger partial charge in [0, 0.05) is 5.54 Å². The van der Waals surface area contributed by atoms with Crippen molar-refractivity contribution in [3.05, 3.63) is 29.8 Å². The molecular formula is C12H17NO2. The van der Waals surface area contributed by atoms with Crippen molar-refractivity contribution < 1.29 is 9.57 Å². The molecule has 0 saturated carbocycles. The van der Waals surface area contributed by atoms with Crippen LogP contribution in [-0.4, -0.2) is 17.7 Å². The normalized spacial score (nSPS) is 25.1. The van der Waals surface area contributed by atoms with Crippen LogP contribution in [0.1, 0.15) is 32.6 Å². The van der Waals surface area contributed by atoms with Gasteiger partial charge < -0.3 is 4.74 Å². The number of hydrogen-bond acceptors (Lipinski definition) is 3. The van der Waals surface area contributed by atoms with E-state index in [2.05, 4.69) is 20.8 Å². The number of hydroxylamine groups is 2. The Morgan fingerprint density at radius 3 is 2.20 bits per heavy atom. The van der Waals surface area contributed by atoms with Gasteiger partial charge in [0.1, 0.15) is 5.75 Å². The minimum Gasteiger partial charge on any atom is -0.497 e. The molecule has 1 fully saturated rings. The SMILES string of the molecule is COc1ccc(C2ON2C(C)(C)C)cc1. The summed E-state index contributed by atoms with van der Waals surface area (Å²) in [6.45, 7) is 6.41. The summed E-state index contributed by atoms with van der Waals surface area (Å²) in [4.78, 5) is 5.53. The summed E-state index contributed by atoms with van der Waals surface area (Å²) in [5.74, 6) is 0.877. The first-order valence-electron chi connectivity index (χ1n) is 5.12. The molecule has 1 aliphatic heterocycles. The molecule has 1 aromatic carbocycles. The second-order valence-corrected chi connectivity index (χ2v) is 4.73. The van der Waals surface area contributed by atoms with Crippen LogP contribution in [0, 0.1) is 0 Å². The van der Waals surface area contributed by atoms with Crippen LogP contribution < -0.4 is 4.74 Å². The second-order valence-electron chi connectivity index (χ2n) is 4.73. The van der Waals surface area contributed by atoms with Crippen molar-refractivity contribution in [2.24, 2.45) is 0 Å². The Hall–Kier alpha value is -1.06. The monoisotopic (exact) mass is 207 g/mol. The minimum atomic E-state index is 0.0601. The molecule has 1 saturated heterocycles. The van der Waals surface area contributed by atoms with Gasteiger partial charge >= 0.3 is 0 Å². The predicted octanol–water partition coefficient (Wildman–Crippen LogP) is 2.74. The summed E-state index contributed by atoms with van der Waals surface area (Å²) in [6, 6.07) is 7.99. The second kappa shape index (κ2) is 3.51. The quantitative estimate of drug-likeness (QED) is 0.697. The Kier molecular flexibility index (Phi) is 2.44. The maximum atomic E-state index is 5.53. The van der Waals surface area contributed by atoms with Crippen LogP contribution in [0.3, 0.4) is 0 Å². The molecule has 1 aromatic rings. The zero-order valence-electron chi connectivity index (χ0n) is 9.65. The van der Waals surface area contributed by atoms with Crippen molar-refractivity contribution in [2.75, 3.05) is 7.11 Å². The fourth-order valence-corrected chi connectivity index (χ4v) is 1.56. The zero-order valence-corrected chi connectivity index (χ0v) is 9.65. The molecule has 0 N–H and O–H groups in total. The molecule has 3 heteroatoms. The van der Waals surface area contributed by atoms with Crippen molar-refractivity contribution in [3.63, 3.8) is 0 Å². The van der Waals surface area contributed by atoms with E-state index in [4.69, 9.17) is 9.57 Å². The molecule has 0 radical (unpaired) electrons. The highest BCUT2D eigenvalue weighted by molar-refractivity contribution is 5.29. The molecule has 2 atom stereocenters. The molecule has 0 amide bonds. The predicted molar refractivity (Wildman–Crippen MR) is 58.4 cm³/mol. The van der Waals surface area contributed by atoms with Crippen LogP contribution >= 0.6 is 0 Å². The molecule has 2 unspecified atom stereocenters. The van der Waals surface area contributed by atoms with Crippen LogP contribution in [0.2, 0.25) is 0 Å². The van der Waals surface area contributed by atoms with Crippen molar-refractivity contribution in [3.8, 4) is 5.75 Å². The number of benzene rings is 1. The summed E-state index contributed by atoms with van der Waals surface area (Å²) in [5.41, 5.74) is 1.23. The molecular weight excluding hydrogens is 190 g/mol. The maximum absolute atomic E-state index is 5.53. The van der Waals surface area contributed by atoms with E-state index >= 15 is 0 Å². The Bertz CT molecular complexity index is 340. The lowest BCUT2D eigenvalue weighted by molar-refractivity contribution is 0.101. The van der Waals surface area contributed by atoms with E-state index in [1.54, 1.807) is 7.11 Å². The zero-order chi connectivity index (χ0) is 11.1. The average molecular weight is 207 g/mol. The lowest BCUT2D eigenvalue weighted by Crippen LogP contribution is -2.25. The van der Waals surface area contributed by atoms with Gasteiger partial charge in [-0.15, -0.1) is 5.06 Å². The molecule has 0 aromatic heterocycles. The van der Waals surface area contributed by atoms with E-state index in [0.29, 0.717) is 0 Å². The van der Waals surface area contributed by atoms with Crippen LogP contribution in [0.25, 0.3) is 0 Å². The number of hydrogen-bond donors (Lipinski definition) is 0. The van der Waals surface area contributed by atoms with Gasteiger partial charge in [-0.25, -0.2) is 0 Å². The minimum absolute atomic E-state index is 0.0601. The largest absolute Gasteiger partial charge is 0.497 e. The topological polar surface area (TPSA) is 24.8 Å². The van der Waals surface area contributed by atoms with E-state index < -0.39 is 0 Å². The first-order valence-corrected chi connectivity index (χ1v) is 5.12. The highest BCUT2D eigenvalue weighted by Crippen LogP contribution is 2.43. The van der Waals surface area contributed by atoms with Crippen molar-refractivity contribution in [1.82, 2.24) is 5.06 Å². The van der Waals surface area contributed by atoms with Gasteiger partial charge in [-0.1, -0.05) is 12.1 Å². The molecule has 82 valence electrons. The fourth-order valence-electron chi connectivity index (χ4n) is 1.56. The van der Waals surface area contributed by atoms with E-state index in [1.807, 2.05) is 29.3 Å². The van der Waals surface area contributed by atoms with Crippen LogP contribution in [-0.2, 0) is 4.84 Å². The van der Waals surface area contributed by atoms with Gasteiger partial charge in [-0.2, -0.15) is 0 Å². The highest BCUT2D eigenvalue weighted by Gasteiger charge is 2.45. The van der Waals surface area contributed by atoms with E-state index in [-0.39, 0.29) is 11.8 Å². The van der Waals surface area contributed by atoms with Gasteiger partial charge in [-0.3, -0.25) is 4.84 Å². The lowest BCUT2D eigenvalue weighted by atomic mass is 10.1. The summed E-state index contributed by atoms with van der Waals surface area (Å²) in [5, 5.41) is 1.99. The van der Waals surface area contributed by atoms with Crippen molar-refractivity contribution >= 4 is 0 Å². The number of nitrogens with zero attached hydrogens (tertiary/aromatic N) is 1. The first-order chi connectivity index (χ1) is 7.02. The maximum Gasteiger partial charge on any atom is 0.180 e. The smallest absolute Gasteiger partial charge is 0.180 e. The van der Waals surface area contributed by atoms with Crippen LogP contribution in [0.15, 0.2) is 24.3 Å². The third-order valence-corrected chi connectivity index (χ3v) is 2.44. The van der Waals surface area contributed by atoms with Gasteiger partial charge in [-0.05, 0) is 38.5 Å². The number of methoxy groups -OCH3 is 1. The molecule has 3 nitrogen and oxygen atoms in total. The Morgan fingerprint density at radius 1 is 1.20 bits per heavy atom. The van der Waals surface area contributed by atoms with Gasteiger partial charge in [0.2, 0.25) is 0 Å². The Labute approximate surface area is 90.6 Å². The molecule has 0 spiro atoms. The van der Waals surface area contributed by atoms with Crippen molar-refractivity contribution in [1.29, 1.82) is 0 Å². The van der Waals surface area contributed by atoms with Gasteiger partial charge in [0.15, 0.2) is 6.23 Å². The summed E-state index contributed by atoms with van der Waals surface area (Å²) in [6.07, 6.45) is 0.107. The Morgan fingerprint density at radius 2 is 1.80 bits per heavy atom. The van der Waals surface area contributed by atoms with Crippen LogP contribution in [0.5, 0.6) is 5.75 Å².